The van der Waals surface area contributed by atoms with Crippen LogP contribution in [0.15, 0.2) is 0 Å². The van der Waals surface area contributed by atoms with Gasteiger partial charge in [-0.05, 0) is 18.8 Å². The fourth-order valence-electron chi connectivity index (χ4n) is 1.17. The first-order valence-electron chi connectivity index (χ1n) is 3.72. The Labute approximate surface area is 62.1 Å². The number of ether oxygens (including phenoxy) is 1. The lowest BCUT2D eigenvalue weighted by molar-refractivity contribution is 0.0558. The smallest absolute Gasteiger partial charge is 0.0740 e. The topological polar surface area (TPSA) is 38.5 Å². The van der Waals surface area contributed by atoms with E-state index < -0.39 is 0 Å². The molecule has 0 aromatic carbocycles. The summed E-state index contributed by atoms with van der Waals surface area (Å²) in [5.41, 5.74) is 0. The van der Waals surface area contributed by atoms with E-state index in [0.717, 1.165) is 12.5 Å². The number of methoxy groups -OCH3 is 1. The summed E-state index contributed by atoms with van der Waals surface area (Å²) in [5.74, 6) is 6.26. The van der Waals surface area contributed by atoms with E-state index in [0.29, 0.717) is 6.10 Å². The van der Waals surface area contributed by atoms with E-state index in [9.17, 15) is 0 Å². The largest absolute Gasteiger partial charge is 0.380 e. The van der Waals surface area contributed by atoms with Crippen LogP contribution < -0.4 is 5.84 Å². The lowest BCUT2D eigenvalue weighted by Gasteiger charge is -2.18. The Morgan fingerprint density at radius 2 is 2.30 bits per heavy atom. The minimum Gasteiger partial charge on any atom is -0.380 e. The fraction of sp³-hybridized carbons (Fsp3) is 1.00. The second-order valence-corrected chi connectivity index (χ2v) is 3.05. The molecule has 0 aromatic heterocycles. The van der Waals surface area contributed by atoms with Gasteiger partial charge in [-0.15, -0.1) is 0 Å². The Balaban J connectivity index is 2.19. The zero-order valence-electron chi connectivity index (χ0n) is 6.71. The van der Waals surface area contributed by atoms with Gasteiger partial charge in [0.15, 0.2) is 0 Å². The summed E-state index contributed by atoms with van der Waals surface area (Å²) in [4.78, 5) is 0. The van der Waals surface area contributed by atoms with Crippen LogP contribution in [0.3, 0.4) is 0 Å². The molecule has 10 heavy (non-hydrogen) atoms. The molecule has 0 amide bonds. The Kier molecular flexibility index (Phi) is 2.65. The van der Waals surface area contributed by atoms with E-state index in [4.69, 9.17) is 10.6 Å². The number of rotatable bonds is 4. The molecule has 0 bridgehead atoms. The van der Waals surface area contributed by atoms with Gasteiger partial charge < -0.3 is 4.74 Å². The summed E-state index contributed by atoms with van der Waals surface area (Å²) in [7, 11) is 3.63. The Bertz CT molecular complexity index is 102. The summed E-state index contributed by atoms with van der Waals surface area (Å²) in [6.45, 7) is 0.848. The average Bonchev–Trinajstić information content (AvgIpc) is 2.63. The van der Waals surface area contributed by atoms with Gasteiger partial charge in [0.1, 0.15) is 0 Å². The summed E-state index contributed by atoms with van der Waals surface area (Å²) in [5, 5.41) is 1.69. The molecule has 0 saturated heterocycles. The number of nitrogens with two attached hydrogens (primary N) is 1. The maximum Gasteiger partial charge on any atom is 0.0740 e. The highest BCUT2D eigenvalue weighted by molar-refractivity contribution is 4.82. The van der Waals surface area contributed by atoms with E-state index in [1.54, 1.807) is 12.1 Å². The Morgan fingerprint density at radius 3 is 2.60 bits per heavy atom. The standard InChI is InChI=1S/C7H16N2O/c1-9(8)5-7(10-2)6-3-4-6/h6-7H,3-5,8H2,1-2H3. The number of nitrogens with zero attached hydrogens (tertiary/aromatic N) is 1. The Morgan fingerprint density at radius 1 is 1.70 bits per heavy atom. The van der Waals surface area contributed by atoms with Gasteiger partial charge in [0, 0.05) is 20.7 Å². The molecule has 2 N–H and O–H groups in total. The van der Waals surface area contributed by atoms with Crippen molar-refractivity contribution in [3.05, 3.63) is 0 Å². The molecule has 0 heterocycles. The maximum absolute atomic E-state index is 5.49. The molecular weight excluding hydrogens is 128 g/mol. The van der Waals surface area contributed by atoms with Crippen LogP contribution in [-0.4, -0.2) is 31.8 Å². The van der Waals surface area contributed by atoms with Crippen molar-refractivity contribution in [2.24, 2.45) is 11.8 Å². The van der Waals surface area contributed by atoms with Gasteiger partial charge in [0.2, 0.25) is 0 Å². The third-order valence-electron chi connectivity index (χ3n) is 1.92. The third-order valence-corrected chi connectivity index (χ3v) is 1.92. The van der Waals surface area contributed by atoms with Crippen molar-refractivity contribution < 1.29 is 4.74 Å². The van der Waals surface area contributed by atoms with Crippen molar-refractivity contribution in [2.75, 3.05) is 20.7 Å². The molecule has 1 saturated carbocycles. The minimum atomic E-state index is 0.356. The average molecular weight is 144 g/mol. The lowest BCUT2D eigenvalue weighted by Crippen LogP contribution is -2.36. The Hall–Kier alpha value is -0.120. The molecular formula is C7H16N2O. The molecule has 1 aliphatic carbocycles. The van der Waals surface area contributed by atoms with E-state index >= 15 is 0 Å². The molecule has 1 unspecified atom stereocenters. The summed E-state index contributed by atoms with van der Waals surface area (Å²) >= 11 is 0. The van der Waals surface area contributed by atoms with Gasteiger partial charge in [0.25, 0.3) is 0 Å². The number of hydrogen-bond acceptors (Lipinski definition) is 3. The predicted molar refractivity (Wildman–Crippen MR) is 40.3 cm³/mol. The van der Waals surface area contributed by atoms with E-state index in [1.165, 1.54) is 12.8 Å². The third kappa shape index (κ3) is 2.25. The van der Waals surface area contributed by atoms with Gasteiger partial charge in [-0.1, -0.05) is 0 Å². The molecule has 1 aliphatic rings. The van der Waals surface area contributed by atoms with Gasteiger partial charge >= 0.3 is 0 Å². The molecule has 60 valence electrons. The van der Waals surface area contributed by atoms with Crippen molar-refractivity contribution in [2.45, 2.75) is 18.9 Å². The first-order valence-corrected chi connectivity index (χ1v) is 3.72. The second-order valence-electron chi connectivity index (χ2n) is 3.05. The van der Waals surface area contributed by atoms with E-state index in [2.05, 4.69) is 0 Å². The molecule has 0 radical (unpaired) electrons. The number of hydrogen-bond donors (Lipinski definition) is 1. The molecule has 0 aliphatic heterocycles. The molecule has 0 aromatic rings. The summed E-state index contributed by atoms with van der Waals surface area (Å²) < 4.78 is 5.26. The normalized spacial score (nSPS) is 21.6. The first kappa shape index (κ1) is 7.98. The summed E-state index contributed by atoms with van der Waals surface area (Å²) in [6.07, 6.45) is 2.98. The number of hydrazine groups is 1. The quantitative estimate of drug-likeness (QED) is 0.453. The van der Waals surface area contributed by atoms with Gasteiger partial charge in [0.05, 0.1) is 6.10 Å². The van der Waals surface area contributed by atoms with Crippen LogP contribution in [0.2, 0.25) is 0 Å². The minimum absolute atomic E-state index is 0.356. The second kappa shape index (κ2) is 3.32. The molecule has 3 heteroatoms. The van der Waals surface area contributed by atoms with Crippen molar-refractivity contribution in [1.29, 1.82) is 0 Å². The SMILES string of the molecule is COC(CN(C)N)C1CC1. The van der Waals surface area contributed by atoms with E-state index in [-0.39, 0.29) is 0 Å². The highest BCUT2D eigenvalue weighted by atomic mass is 16.5. The van der Waals surface area contributed by atoms with Crippen LogP contribution in [0.4, 0.5) is 0 Å². The fourth-order valence-corrected chi connectivity index (χ4v) is 1.17. The zero-order valence-corrected chi connectivity index (χ0v) is 6.71. The molecule has 1 rings (SSSR count). The van der Waals surface area contributed by atoms with Crippen LogP contribution in [0.1, 0.15) is 12.8 Å². The monoisotopic (exact) mass is 144 g/mol. The highest BCUT2D eigenvalue weighted by Gasteiger charge is 2.31. The summed E-state index contributed by atoms with van der Waals surface area (Å²) in [6, 6.07) is 0. The van der Waals surface area contributed by atoms with Crippen LogP contribution >= 0.6 is 0 Å². The van der Waals surface area contributed by atoms with Crippen molar-refractivity contribution in [3.8, 4) is 0 Å². The van der Waals surface area contributed by atoms with E-state index in [1.807, 2.05) is 7.05 Å². The molecule has 1 fully saturated rings. The molecule has 0 spiro atoms. The van der Waals surface area contributed by atoms with Crippen molar-refractivity contribution in [1.82, 2.24) is 5.01 Å². The highest BCUT2D eigenvalue weighted by Crippen LogP contribution is 2.33. The van der Waals surface area contributed by atoms with Gasteiger partial charge in [-0.3, -0.25) is 5.84 Å². The van der Waals surface area contributed by atoms with Crippen molar-refractivity contribution in [3.63, 3.8) is 0 Å². The van der Waals surface area contributed by atoms with Crippen LogP contribution in [-0.2, 0) is 4.74 Å². The van der Waals surface area contributed by atoms with Crippen LogP contribution in [0.5, 0.6) is 0 Å². The molecule has 1 atom stereocenters. The first-order chi connectivity index (χ1) is 4.74. The van der Waals surface area contributed by atoms with Gasteiger partial charge in [-0.25, -0.2) is 5.01 Å². The lowest BCUT2D eigenvalue weighted by atomic mass is 10.2. The van der Waals surface area contributed by atoms with Crippen molar-refractivity contribution >= 4 is 0 Å². The molecule has 3 nitrogen and oxygen atoms in total. The van der Waals surface area contributed by atoms with Gasteiger partial charge in [-0.2, -0.15) is 0 Å². The number of likely N-dealkylation sites (N-methyl/N-ethyl adjacent to an activating group) is 1. The van der Waals surface area contributed by atoms with Crippen LogP contribution in [0.25, 0.3) is 0 Å². The van der Waals surface area contributed by atoms with Crippen LogP contribution in [0, 0.1) is 5.92 Å². The zero-order chi connectivity index (χ0) is 7.56. The maximum atomic E-state index is 5.49. The predicted octanol–water partition coefficient (Wildman–Crippen LogP) is 0.217.